The summed E-state index contributed by atoms with van der Waals surface area (Å²) in [6, 6.07) is 0. The monoisotopic (exact) mass is 204 g/mol. The summed E-state index contributed by atoms with van der Waals surface area (Å²) < 4.78 is 0. The Morgan fingerprint density at radius 3 is 2.21 bits per heavy atom. The van der Waals surface area contributed by atoms with Gasteiger partial charge in [0, 0.05) is 12.8 Å². The van der Waals surface area contributed by atoms with E-state index in [4.69, 9.17) is 9.99 Å². The van der Waals surface area contributed by atoms with Crippen molar-refractivity contribution in [2.24, 2.45) is 0 Å². The molecule has 5 heteroatoms. The van der Waals surface area contributed by atoms with Gasteiger partial charge in [-0.15, -0.1) is 0 Å². The van der Waals surface area contributed by atoms with Crippen molar-refractivity contribution in [3.05, 3.63) is 0 Å². The smallest absolute Gasteiger partial charge is 0.342 e. The average Bonchev–Trinajstić information content (AvgIpc) is 1.99. The topological polar surface area (TPSA) is 72.8 Å². The van der Waals surface area contributed by atoms with Crippen LogP contribution < -0.4 is 0 Å². The molecular weight excluding hydrogens is 188 g/mol. The van der Waals surface area contributed by atoms with E-state index in [-0.39, 0.29) is 19.3 Å². The summed E-state index contributed by atoms with van der Waals surface area (Å²) in [7, 11) is 0. The van der Waals surface area contributed by atoms with Gasteiger partial charge < -0.3 is 5.11 Å². The largest absolute Gasteiger partial charge is 0.481 e. The Morgan fingerprint density at radius 1 is 1.21 bits per heavy atom. The second-order valence-electron chi connectivity index (χ2n) is 3.90. The molecule has 0 aromatic rings. The third kappa shape index (κ3) is 8.99. The maximum absolute atomic E-state index is 10.9. The van der Waals surface area contributed by atoms with Gasteiger partial charge in [0.25, 0.3) is 0 Å². The minimum absolute atomic E-state index is 0.0371. The highest BCUT2D eigenvalue weighted by Gasteiger charge is 2.15. The maximum Gasteiger partial charge on any atom is 0.342 e. The van der Waals surface area contributed by atoms with Gasteiger partial charge >= 0.3 is 11.9 Å². The Labute approximate surface area is 82.9 Å². The highest BCUT2D eigenvalue weighted by atomic mass is 17.2. The van der Waals surface area contributed by atoms with E-state index >= 15 is 0 Å². The van der Waals surface area contributed by atoms with E-state index in [1.165, 1.54) is 0 Å². The van der Waals surface area contributed by atoms with Crippen LogP contribution in [-0.2, 0) is 19.4 Å². The normalized spacial score (nSPS) is 11.1. The third-order valence-corrected chi connectivity index (χ3v) is 1.16. The van der Waals surface area contributed by atoms with E-state index in [0.717, 1.165) is 0 Å². The lowest BCUT2D eigenvalue weighted by atomic mass is 10.2. The maximum atomic E-state index is 10.9. The first-order valence-corrected chi connectivity index (χ1v) is 4.41. The average molecular weight is 204 g/mol. The molecule has 0 aliphatic rings. The van der Waals surface area contributed by atoms with Gasteiger partial charge in [-0.1, -0.05) is 0 Å². The molecule has 5 nitrogen and oxygen atoms in total. The number of rotatable bonds is 5. The van der Waals surface area contributed by atoms with Crippen molar-refractivity contribution >= 4 is 11.9 Å². The van der Waals surface area contributed by atoms with Crippen molar-refractivity contribution in [1.29, 1.82) is 0 Å². The first-order chi connectivity index (χ1) is 6.31. The highest BCUT2D eigenvalue weighted by molar-refractivity contribution is 5.71. The molecule has 0 aromatic carbocycles. The van der Waals surface area contributed by atoms with Crippen molar-refractivity contribution in [3.8, 4) is 0 Å². The van der Waals surface area contributed by atoms with Crippen LogP contribution in [0.4, 0.5) is 0 Å². The SMILES string of the molecule is CC(C)(C)OOC(=O)CCCC(=O)O. The Balaban J connectivity index is 3.52. The number of carboxylic acid groups (broad SMARTS) is 1. The van der Waals surface area contributed by atoms with Crippen LogP contribution >= 0.6 is 0 Å². The summed E-state index contributed by atoms with van der Waals surface area (Å²) in [5, 5.41) is 8.30. The molecule has 0 fully saturated rings. The Bertz CT molecular complexity index is 204. The van der Waals surface area contributed by atoms with Crippen LogP contribution in [-0.4, -0.2) is 22.6 Å². The van der Waals surface area contributed by atoms with Crippen molar-refractivity contribution < 1.29 is 24.5 Å². The number of carboxylic acids is 1. The van der Waals surface area contributed by atoms with Crippen LogP contribution in [0, 0.1) is 0 Å². The Morgan fingerprint density at radius 2 is 1.79 bits per heavy atom. The van der Waals surface area contributed by atoms with Gasteiger partial charge in [0.05, 0.1) is 0 Å². The molecule has 0 spiro atoms. The molecule has 0 saturated carbocycles. The molecule has 14 heavy (non-hydrogen) atoms. The fourth-order valence-corrected chi connectivity index (χ4v) is 0.597. The van der Waals surface area contributed by atoms with Crippen LogP contribution in [0.15, 0.2) is 0 Å². The highest BCUT2D eigenvalue weighted by Crippen LogP contribution is 2.08. The predicted octanol–water partition coefficient (Wildman–Crippen LogP) is 1.51. The van der Waals surface area contributed by atoms with Gasteiger partial charge in [0.15, 0.2) is 0 Å². The van der Waals surface area contributed by atoms with Gasteiger partial charge in [-0.25, -0.2) is 4.79 Å². The number of aliphatic carboxylic acids is 1. The molecule has 82 valence electrons. The van der Waals surface area contributed by atoms with Crippen LogP contribution in [0.3, 0.4) is 0 Å². The van der Waals surface area contributed by atoms with Gasteiger partial charge in [0.2, 0.25) is 0 Å². The lowest BCUT2D eigenvalue weighted by Gasteiger charge is -2.16. The number of carbonyl (C=O) groups excluding carboxylic acids is 1. The summed E-state index contributed by atoms with van der Waals surface area (Å²) >= 11 is 0. The van der Waals surface area contributed by atoms with Crippen LogP contribution in [0.2, 0.25) is 0 Å². The molecule has 0 bridgehead atoms. The first kappa shape index (κ1) is 12.9. The summed E-state index contributed by atoms with van der Waals surface area (Å²) in [6.45, 7) is 5.24. The molecule has 0 rings (SSSR count). The lowest BCUT2D eigenvalue weighted by molar-refractivity contribution is -0.320. The molecule has 0 unspecified atom stereocenters. The molecule has 0 aliphatic heterocycles. The first-order valence-electron chi connectivity index (χ1n) is 4.41. The van der Waals surface area contributed by atoms with E-state index in [2.05, 4.69) is 4.89 Å². The number of hydrogen-bond donors (Lipinski definition) is 1. The number of carbonyl (C=O) groups is 2. The zero-order valence-electron chi connectivity index (χ0n) is 8.70. The van der Waals surface area contributed by atoms with Crippen LogP contribution in [0.25, 0.3) is 0 Å². The van der Waals surface area contributed by atoms with E-state index in [9.17, 15) is 9.59 Å². The Kier molecular flexibility index (Phi) is 5.15. The van der Waals surface area contributed by atoms with Gasteiger partial charge in [-0.2, -0.15) is 4.89 Å². The van der Waals surface area contributed by atoms with Gasteiger partial charge in [0.1, 0.15) is 5.60 Å². The van der Waals surface area contributed by atoms with E-state index < -0.39 is 17.5 Å². The van der Waals surface area contributed by atoms with E-state index in [1.807, 2.05) is 0 Å². The standard InChI is InChI=1S/C9H16O5/c1-9(2,3)14-13-8(12)6-4-5-7(10)11/h4-6H2,1-3H3,(H,10,11). The molecule has 0 aromatic heterocycles. The molecule has 0 radical (unpaired) electrons. The van der Waals surface area contributed by atoms with E-state index in [1.54, 1.807) is 20.8 Å². The van der Waals surface area contributed by atoms with Gasteiger partial charge in [-0.3, -0.25) is 9.68 Å². The minimum Gasteiger partial charge on any atom is -0.481 e. The summed E-state index contributed by atoms with van der Waals surface area (Å²) in [6.07, 6.45) is 0.286. The van der Waals surface area contributed by atoms with Crippen molar-refractivity contribution in [2.45, 2.75) is 45.6 Å². The molecular formula is C9H16O5. The minimum atomic E-state index is -0.922. The van der Waals surface area contributed by atoms with Crippen LogP contribution in [0.1, 0.15) is 40.0 Å². The third-order valence-electron chi connectivity index (χ3n) is 1.16. The molecule has 0 saturated heterocycles. The summed E-state index contributed by atoms with van der Waals surface area (Å²) in [4.78, 5) is 30.3. The van der Waals surface area contributed by atoms with Crippen molar-refractivity contribution in [1.82, 2.24) is 0 Å². The number of hydrogen-bond acceptors (Lipinski definition) is 4. The van der Waals surface area contributed by atoms with Gasteiger partial charge in [-0.05, 0) is 27.2 Å². The summed E-state index contributed by atoms with van der Waals surface area (Å²) in [5.41, 5.74) is -0.539. The van der Waals surface area contributed by atoms with Crippen molar-refractivity contribution in [3.63, 3.8) is 0 Å². The second kappa shape index (κ2) is 5.59. The zero-order valence-corrected chi connectivity index (χ0v) is 8.70. The zero-order chi connectivity index (χ0) is 11.2. The molecule has 0 heterocycles. The molecule has 0 aliphatic carbocycles. The predicted molar refractivity (Wildman–Crippen MR) is 48.4 cm³/mol. The van der Waals surface area contributed by atoms with Crippen molar-refractivity contribution in [2.75, 3.05) is 0 Å². The van der Waals surface area contributed by atoms with Crippen LogP contribution in [0.5, 0.6) is 0 Å². The fraction of sp³-hybridized carbons (Fsp3) is 0.778. The second-order valence-corrected chi connectivity index (χ2v) is 3.90. The molecule has 0 amide bonds. The molecule has 1 N–H and O–H groups in total. The quantitative estimate of drug-likeness (QED) is 0.543. The Hall–Kier alpha value is -1.10. The fourth-order valence-electron chi connectivity index (χ4n) is 0.597. The summed E-state index contributed by atoms with van der Waals surface area (Å²) in [5.74, 6) is -1.46. The lowest BCUT2D eigenvalue weighted by Crippen LogP contribution is -2.21. The molecule has 0 atom stereocenters. The van der Waals surface area contributed by atoms with E-state index in [0.29, 0.717) is 0 Å².